The molecule has 1 amide bonds. The molecule has 0 aliphatic carbocycles. The predicted molar refractivity (Wildman–Crippen MR) is 92.6 cm³/mol. The van der Waals surface area contributed by atoms with Crippen molar-refractivity contribution < 1.29 is 14.3 Å². The molecule has 1 N–H and O–H groups in total. The van der Waals surface area contributed by atoms with Gasteiger partial charge in [-0.3, -0.25) is 14.7 Å². The van der Waals surface area contributed by atoms with Crippen LogP contribution in [0.4, 0.5) is 4.39 Å². The molecule has 0 radical (unpaired) electrons. The fourth-order valence-corrected chi connectivity index (χ4v) is 3.00. The van der Waals surface area contributed by atoms with Crippen LogP contribution in [0.3, 0.4) is 0 Å². The van der Waals surface area contributed by atoms with Crippen molar-refractivity contribution in [3.05, 3.63) is 59.2 Å². The molecule has 5 nitrogen and oxygen atoms in total. The molecule has 0 spiro atoms. The van der Waals surface area contributed by atoms with Gasteiger partial charge in [0, 0.05) is 38.9 Å². The van der Waals surface area contributed by atoms with Crippen LogP contribution in [0.15, 0.2) is 36.5 Å². The molecule has 1 aliphatic heterocycles. The molecule has 0 unspecified atom stereocenters. The Hall–Kier alpha value is -2.47. The van der Waals surface area contributed by atoms with Gasteiger partial charge in [-0.25, -0.2) is 4.39 Å². The topological polar surface area (TPSA) is 56.7 Å². The third-order valence-electron chi connectivity index (χ3n) is 4.58. The Kier molecular flexibility index (Phi) is 5.28. The average Bonchev–Trinajstić information content (AvgIpc) is 2.61. The van der Waals surface area contributed by atoms with Crippen molar-refractivity contribution in [3.8, 4) is 5.75 Å². The second-order valence-corrected chi connectivity index (χ2v) is 6.39. The lowest BCUT2D eigenvalue weighted by Crippen LogP contribution is -2.48. The van der Waals surface area contributed by atoms with Crippen LogP contribution in [-0.4, -0.2) is 52.0 Å². The van der Waals surface area contributed by atoms with Gasteiger partial charge in [0.05, 0.1) is 12.1 Å². The van der Waals surface area contributed by atoms with Gasteiger partial charge in [-0.05, 0) is 36.2 Å². The summed E-state index contributed by atoms with van der Waals surface area (Å²) in [6.45, 7) is 5.75. The van der Waals surface area contributed by atoms with Gasteiger partial charge in [-0.2, -0.15) is 0 Å². The SMILES string of the molecule is Cc1cccnc1CN1CCN(C(=O)Cc2ccc(O)c(F)c2)CC1. The normalized spacial score (nSPS) is 15.4. The van der Waals surface area contributed by atoms with Gasteiger partial charge in [-0.1, -0.05) is 12.1 Å². The maximum atomic E-state index is 13.4. The number of halogens is 1. The van der Waals surface area contributed by atoms with Crippen molar-refractivity contribution in [2.45, 2.75) is 19.9 Å². The van der Waals surface area contributed by atoms with Crippen LogP contribution in [0.2, 0.25) is 0 Å². The van der Waals surface area contributed by atoms with Gasteiger partial charge in [0.15, 0.2) is 11.6 Å². The first-order chi connectivity index (χ1) is 12.0. The fourth-order valence-electron chi connectivity index (χ4n) is 3.00. The Labute approximate surface area is 146 Å². The molecule has 132 valence electrons. The van der Waals surface area contributed by atoms with E-state index in [9.17, 15) is 14.3 Å². The molecule has 6 heteroatoms. The first kappa shape index (κ1) is 17.4. The average molecular weight is 343 g/mol. The molecule has 1 aromatic heterocycles. The molecule has 0 bridgehead atoms. The van der Waals surface area contributed by atoms with E-state index in [4.69, 9.17) is 0 Å². The van der Waals surface area contributed by atoms with Crippen LogP contribution in [-0.2, 0) is 17.8 Å². The van der Waals surface area contributed by atoms with Crippen molar-refractivity contribution in [2.75, 3.05) is 26.2 Å². The Morgan fingerprint density at radius 1 is 1.24 bits per heavy atom. The molecule has 3 rings (SSSR count). The largest absolute Gasteiger partial charge is 0.505 e. The molecular weight excluding hydrogens is 321 g/mol. The van der Waals surface area contributed by atoms with E-state index in [-0.39, 0.29) is 12.3 Å². The zero-order valence-electron chi connectivity index (χ0n) is 14.3. The number of hydrogen-bond donors (Lipinski definition) is 1. The summed E-state index contributed by atoms with van der Waals surface area (Å²) < 4.78 is 13.4. The number of phenolic OH excluding ortho intramolecular Hbond substituents is 1. The highest BCUT2D eigenvalue weighted by Gasteiger charge is 2.22. The Morgan fingerprint density at radius 2 is 2.00 bits per heavy atom. The number of nitrogens with zero attached hydrogens (tertiary/aromatic N) is 3. The van der Waals surface area contributed by atoms with Crippen LogP contribution in [0, 0.1) is 12.7 Å². The first-order valence-corrected chi connectivity index (χ1v) is 8.41. The van der Waals surface area contributed by atoms with Gasteiger partial charge in [0.2, 0.25) is 5.91 Å². The summed E-state index contributed by atoms with van der Waals surface area (Å²) in [6.07, 6.45) is 1.95. The highest BCUT2D eigenvalue weighted by atomic mass is 19.1. The molecule has 1 saturated heterocycles. The first-order valence-electron chi connectivity index (χ1n) is 8.41. The van der Waals surface area contributed by atoms with Gasteiger partial charge in [0.25, 0.3) is 0 Å². The number of benzene rings is 1. The van der Waals surface area contributed by atoms with E-state index in [0.29, 0.717) is 18.7 Å². The molecule has 0 saturated carbocycles. The summed E-state index contributed by atoms with van der Waals surface area (Å²) >= 11 is 0. The molecule has 2 heterocycles. The monoisotopic (exact) mass is 343 g/mol. The van der Waals surface area contributed by atoms with Crippen LogP contribution in [0.25, 0.3) is 0 Å². The summed E-state index contributed by atoms with van der Waals surface area (Å²) in [4.78, 5) is 20.9. The fraction of sp³-hybridized carbons (Fsp3) is 0.368. The number of carbonyl (C=O) groups is 1. The van der Waals surface area contributed by atoms with Crippen molar-refractivity contribution in [3.63, 3.8) is 0 Å². The third-order valence-corrected chi connectivity index (χ3v) is 4.58. The Bertz CT molecular complexity index is 758. The molecular formula is C19H22FN3O2. The van der Waals surface area contributed by atoms with Crippen molar-refractivity contribution in [1.29, 1.82) is 0 Å². The van der Waals surface area contributed by atoms with Crippen LogP contribution in [0.1, 0.15) is 16.8 Å². The number of rotatable bonds is 4. The lowest BCUT2D eigenvalue weighted by atomic mass is 10.1. The van der Waals surface area contributed by atoms with E-state index in [1.807, 2.05) is 11.0 Å². The molecule has 1 fully saturated rings. The van der Waals surface area contributed by atoms with Crippen LogP contribution in [0.5, 0.6) is 5.75 Å². The van der Waals surface area contributed by atoms with E-state index in [1.54, 1.807) is 12.3 Å². The number of piperazine rings is 1. The van der Waals surface area contributed by atoms with E-state index < -0.39 is 11.6 Å². The highest BCUT2D eigenvalue weighted by Crippen LogP contribution is 2.17. The zero-order chi connectivity index (χ0) is 17.8. The minimum Gasteiger partial charge on any atom is -0.505 e. The van der Waals surface area contributed by atoms with Gasteiger partial charge in [0.1, 0.15) is 0 Å². The predicted octanol–water partition coefficient (Wildman–Crippen LogP) is 2.12. The number of pyridine rings is 1. The maximum Gasteiger partial charge on any atom is 0.227 e. The van der Waals surface area contributed by atoms with E-state index in [0.717, 1.165) is 25.3 Å². The summed E-state index contributed by atoms with van der Waals surface area (Å²) in [5.41, 5.74) is 2.82. The third kappa shape index (κ3) is 4.33. The second kappa shape index (κ2) is 7.61. The quantitative estimate of drug-likeness (QED) is 0.924. The molecule has 1 aromatic carbocycles. The number of amides is 1. The van der Waals surface area contributed by atoms with E-state index in [2.05, 4.69) is 22.9 Å². The number of carbonyl (C=O) groups excluding carboxylic acids is 1. The highest BCUT2D eigenvalue weighted by molar-refractivity contribution is 5.79. The van der Waals surface area contributed by atoms with Gasteiger partial charge >= 0.3 is 0 Å². The molecule has 25 heavy (non-hydrogen) atoms. The summed E-state index contributed by atoms with van der Waals surface area (Å²) in [5.74, 6) is -1.10. The summed E-state index contributed by atoms with van der Waals surface area (Å²) in [7, 11) is 0. The van der Waals surface area contributed by atoms with Crippen LogP contribution < -0.4 is 0 Å². The molecule has 2 aromatic rings. The van der Waals surface area contributed by atoms with E-state index in [1.165, 1.54) is 17.7 Å². The van der Waals surface area contributed by atoms with Crippen molar-refractivity contribution in [1.82, 2.24) is 14.8 Å². The second-order valence-electron chi connectivity index (χ2n) is 6.39. The van der Waals surface area contributed by atoms with Gasteiger partial charge < -0.3 is 10.0 Å². The Morgan fingerprint density at radius 3 is 2.68 bits per heavy atom. The zero-order valence-corrected chi connectivity index (χ0v) is 14.3. The standard InChI is InChI=1S/C19H22FN3O2/c1-14-3-2-6-21-17(14)13-22-7-9-23(10-8-22)19(25)12-15-4-5-18(24)16(20)11-15/h2-6,11,24H,7-10,12-13H2,1H3. The van der Waals surface area contributed by atoms with Crippen molar-refractivity contribution in [2.24, 2.45) is 0 Å². The minimum atomic E-state index is -0.694. The summed E-state index contributed by atoms with van der Waals surface area (Å²) in [6, 6.07) is 8.06. The van der Waals surface area contributed by atoms with Crippen LogP contribution >= 0.6 is 0 Å². The van der Waals surface area contributed by atoms with Gasteiger partial charge in [-0.15, -0.1) is 0 Å². The number of hydrogen-bond acceptors (Lipinski definition) is 4. The maximum absolute atomic E-state index is 13.4. The smallest absolute Gasteiger partial charge is 0.227 e. The minimum absolute atomic E-state index is 0.0150. The van der Waals surface area contributed by atoms with Crippen molar-refractivity contribution >= 4 is 5.91 Å². The van der Waals surface area contributed by atoms with E-state index >= 15 is 0 Å². The number of aromatic nitrogens is 1. The number of aromatic hydroxyl groups is 1. The molecule has 0 atom stereocenters. The number of aryl methyl sites for hydroxylation is 1. The lowest BCUT2D eigenvalue weighted by molar-refractivity contribution is -0.132. The number of phenols is 1. The molecule has 1 aliphatic rings. The summed E-state index contributed by atoms with van der Waals surface area (Å²) in [5, 5.41) is 9.22. The Balaban J connectivity index is 1.52. The lowest BCUT2D eigenvalue weighted by Gasteiger charge is -2.34.